The Kier molecular flexibility index (Phi) is 2.77. The number of nitrogens with two attached hydrogens (primary N) is 1. The highest BCUT2D eigenvalue weighted by Gasteiger charge is 2.17. The number of aromatic nitrogens is 2. The molecule has 0 unspecified atom stereocenters. The van der Waals surface area contributed by atoms with E-state index in [4.69, 9.17) is 11.0 Å². The molecule has 90 valence electrons. The molecule has 0 atom stereocenters. The van der Waals surface area contributed by atoms with Crippen molar-refractivity contribution in [2.45, 2.75) is 0 Å². The van der Waals surface area contributed by atoms with E-state index in [2.05, 4.69) is 5.10 Å². The summed E-state index contributed by atoms with van der Waals surface area (Å²) in [7, 11) is 0. The van der Waals surface area contributed by atoms with E-state index in [1.165, 1.54) is 0 Å². The highest BCUT2D eigenvalue weighted by atomic mass is 19.1. The maximum atomic E-state index is 13.0. The smallest absolute Gasteiger partial charge is 0.280 e. The van der Waals surface area contributed by atoms with Crippen LogP contribution in [0.25, 0.3) is 0 Å². The van der Waals surface area contributed by atoms with Crippen LogP contribution in [0, 0.1) is 23.0 Å². The van der Waals surface area contributed by atoms with E-state index in [1.54, 1.807) is 6.07 Å². The van der Waals surface area contributed by atoms with E-state index in [0.717, 1.165) is 18.3 Å². The number of carbonyl (C=O) groups excluding carboxylic acids is 1. The fourth-order valence-electron chi connectivity index (χ4n) is 1.41. The number of nitriles is 1. The van der Waals surface area contributed by atoms with E-state index in [-0.39, 0.29) is 16.9 Å². The predicted octanol–water partition coefficient (Wildman–Crippen LogP) is 1.30. The van der Waals surface area contributed by atoms with Gasteiger partial charge in [-0.3, -0.25) is 4.79 Å². The number of hydrogen-bond acceptors (Lipinski definition) is 4. The van der Waals surface area contributed by atoms with Crippen LogP contribution in [0.3, 0.4) is 0 Å². The third kappa shape index (κ3) is 1.91. The maximum absolute atomic E-state index is 13.0. The molecule has 2 N–H and O–H groups in total. The van der Waals surface area contributed by atoms with Gasteiger partial charge in [0.2, 0.25) is 0 Å². The van der Waals surface area contributed by atoms with Gasteiger partial charge in [-0.2, -0.15) is 15.0 Å². The topological polar surface area (TPSA) is 84.7 Å². The van der Waals surface area contributed by atoms with Crippen LogP contribution in [0.15, 0.2) is 24.4 Å². The van der Waals surface area contributed by atoms with E-state index in [1.807, 2.05) is 0 Å². The van der Waals surface area contributed by atoms with Gasteiger partial charge in [0.15, 0.2) is 0 Å². The van der Waals surface area contributed by atoms with E-state index in [9.17, 15) is 13.6 Å². The van der Waals surface area contributed by atoms with Crippen molar-refractivity contribution in [3.05, 3.63) is 47.2 Å². The van der Waals surface area contributed by atoms with Crippen LogP contribution in [-0.2, 0) is 0 Å². The molecule has 0 amide bonds. The highest BCUT2D eigenvalue weighted by molar-refractivity contribution is 5.97. The fourth-order valence-corrected chi connectivity index (χ4v) is 1.41. The second-order valence-corrected chi connectivity index (χ2v) is 3.43. The number of rotatable bonds is 1. The van der Waals surface area contributed by atoms with Crippen LogP contribution in [-0.4, -0.2) is 15.7 Å². The Balaban J connectivity index is 2.48. The third-order valence-electron chi connectivity index (χ3n) is 2.23. The largest absolute Gasteiger partial charge is 0.382 e. The van der Waals surface area contributed by atoms with Gasteiger partial charge in [-0.1, -0.05) is 0 Å². The van der Waals surface area contributed by atoms with Crippen LogP contribution in [0.4, 0.5) is 14.6 Å². The summed E-state index contributed by atoms with van der Waals surface area (Å²) in [5.74, 6) is -2.76. The second kappa shape index (κ2) is 4.25. The summed E-state index contributed by atoms with van der Waals surface area (Å²) >= 11 is 0. The fraction of sp³-hybridized carbons (Fsp3) is 0. The molecule has 0 radical (unpaired) electrons. The van der Waals surface area contributed by atoms with Crippen molar-refractivity contribution in [1.82, 2.24) is 9.78 Å². The number of halogens is 2. The van der Waals surface area contributed by atoms with Crippen molar-refractivity contribution in [2.75, 3.05) is 5.73 Å². The predicted molar refractivity (Wildman–Crippen MR) is 57.4 cm³/mol. The van der Waals surface area contributed by atoms with Crippen LogP contribution in [0.5, 0.6) is 0 Å². The molecule has 0 fully saturated rings. The molecule has 7 heteroatoms. The van der Waals surface area contributed by atoms with Gasteiger partial charge in [0, 0.05) is 11.6 Å². The molecule has 1 heterocycles. The zero-order valence-corrected chi connectivity index (χ0v) is 8.89. The van der Waals surface area contributed by atoms with Crippen LogP contribution < -0.4 is 5.73 Å². The van der Waals surface area contributed by atoms with Crippen LogP contribution in [0.2, 0.25) is 0 Å². The number of anilines is 1. The molecule has 0 spiro atoms. The quantitative estimate of drug-likeness (QED) is 0.824. The highest BCUT2D eigenvalue weighted by Crippen LogP contribution is 2.14. The lowest BCUT2D eigenvalue weighted by molar-refractivity contribution is 0.0947. The van der Waals surface area contributed by atoms with Gasteiger partial charge in [0.1, 0.15) is 29.1 Å². The first-order chi connectivity index (χ1) is 8.52. The Morgan fingerprint density at radius 2 is 1.94 bits per heavy atom. The first-order valence-corrected chi connectivity index (χ1v) is 4.77. The van der Waals surface area contributed by atoms with E-state index < -0.39 is 17.5 Å². The van der Waals surface area contributed by atoms with Gasteiger partial charge >= 0.3 is 0 Å². The first kappa shape index (κ1) is 11.7. The second-order valence-electron chi connectivity index (χ2n) is 3.43. The SMILES string of the molecule is N#Cc1cnn(C(=O)c2cc(F)cc(F)c2)c1N. The van der Waals surface area contributed by atoms with Crippen molar-refractivity contribution in [1.29, 1.82) is 5.26 Å². The lowest BCUT2D eigenvalue weighted by atomic mass is 10.2. The molecule has 0 saturated carbocycles. The maximum Gasteiger partial charge on any atom is 0.280 e. The van der Waals surface area contributed by atoms with Crippen molar-refractivity contribution >= 4 is 11.7 Å². The number of carbonyl (C=O) groups is 1. The molecule has 1 aromatic carbocycles. The molecule has 0 aliphatic heterocycles. The van der Waals surface area contributed by atoms with Gasteiger partial charge in [0.25, 0.3) is 5.91 Å². The summed E-state index contributed by atoms with van der Waals surface area (Å²) in [5.41, 5.74) is 5.27. The minimum atomic E-state index is -0.885. The summed E-state index contributed by atoms with van der Waals surface area (Å²) in [4.78, 5) is 11.9. The molecule has 2 rings (SSSR count). The lowest BCUT2D eigenvalue weighted by Gasteiger charge is -2.03. The molecule has 2 aromatic rings. The zero-order chi connectivity index (χ0) is 13.3. The van der Waals surface area contributed by atoms with Gasteiger partial charge in [-0.25, -0.2) is 8.78 Å². The third-order valence-corrected chi connectivity index (χ3v) is 2.23. The molecule has 0 aliphatic carbocycles. The molecular formula is C11H6F2N4O. The van der Waals surface area contributed by atoms with E-state index in [0.29, 0.717) is 10.7 Å². The standard InChI is InChI=1S/C11H6F2N4O/c12-8-1-6(2-9(13)3-8)11(18)17-10(15)7(4-14)5-16-17/h1-3,5H,15H2. The number of hydrogen-bond donors (Lipinski definition) is 1. The average Bonchev–Trinajstić information content (AvgIpc) is 2.68. The van der Waals surface area contributed by atoms with Gasteiger partial charge in [-0.05, 0) is 12.1 Å². The number of nitrogen functional groups attached to an aromatic ring is 1. The van der Waals surface area contributed by atoms with Gasteiger partial charge < -0.3 is 5.73 Å². The van der Waals surface area contributed by atoms with Gasteiger partial charge in [0.05, 0.1) is 6.20 Å². The van der Waals surface area contributed by atoms with E-state index >= 15 is 0 Å². The number of nitrogens with zero attached hydrogens (tertiary/aromatic N) is 3. The minimum Gasteiger partial charge on any atom is -0.382 e. The summed E-state index contributed by atoms with van der Waals surface area (Å²) in [6, 6.07) is 4.10. The Hall–Kier alpha value is -2.75. The number of benzene rings is 1. The van der Waals surface area contributed by atoms with Crippen molar-refractivity contribution in [2.24, 2.45) is 0 Å². The molecule has 0 saturated heterocycles. The molecule has 1 aromatic heterocycles. The Labute approximate surface area is 100 Å². The van der Waals surface area contributed by atoms with Crippen LogP contribution in [0.1, 0.15) is 15.9 Å². The summed E-state index contributed by atoms with van der Waals surface area (Å²) in [5, 5.41) is 12.3. The lowest BCUT2D eigenvalue weighted by Crippen LogP contribution is -2.16. The van der Waals surface area contributed by atoms with Gasteiger partial charge in [-0.15, -0.1) is 0 Å². The zero-order valence-electron chi connectivity index (χ0n) is 8.89. The molecule has 0 bridgehead atoms. The summed E-state index contributed by atoms with van der Waals surface area (Å²) in [6.07, 6.45) is 1.10. The summed E-state index contributed by atoms with van der Waals surface area (Å²) < 4.78 is 26.7. The average molecular weight is 248 g/mol. The Morgan fingerprint density at radius 1 is 1.33 bits per heavy atom. The Morgan fingerprint density at radius 3 is 2.44 bits per heavy atom. The molecule has 18 heavy (non-hydrogen) atoms. The van der Waals surface area contributed by atoms with Crippen LogP contribution >= 0.6 is 0 Å². The van der Waals surface area contributed by atoms with Crippen molar-refractivity contribution in [3.8, 4) is 6.07 Å². The molecule has 0 aliphatic rings. The first-order valence-electron chi connectivity index (χ1n) is 4.77. The molecular weight excluding hydrogens is 242 g/mol. The summed E-state index contributed by atoms with van der Waals surface area (Å²) in [6.45, 7) is 0. The van der Waals surface area contributed by atoms with Crippen molar-refractivity contribution < 1.29 is 13.6 Å². The van der Waals surface area contributed by atoms with Crippen molar-refractivity contribution in [3.63, 3.8) is 0 Å². The monoisotopic (exact) mass is 248 g/mol. The Bertz CT molecular complexity index is 652. The normalized spacial score (nSPS) is 10.1. The molecule has 5 nitrogen and oxygen atoms in total. The minimum absolute atomic E-state index is 0.0141.